The molecule has 4 nitrogen and oxygen atoms in total. The molecule has 0 amide bonds. The van der Waals surface area contributed by atoms with Crippen molar-refractivity contribution in [1.82, 2.24) is 9.97 Å². The molecule has 2 heterocycles. The van der Waals surface area contributed by atoms with Gasteiger partial charge in [-0.1, -0.05) is 31.2 Å². The number of hydrogen-bond acceptors (Lipinski definition) is 3. The summed E-state index contributed by atoms with van der Waals surface area (Å²) in [4.78, 5) is 21.0. The summed E-state index contributed by atoms with van der Waals surface area (Å²) >= 11 is 0. The van der Waals surface area contributed by atoms with Gasteiger partial charge in [0.25, 0.3) is 0 Å². The third kappa shape index (κ3) is 2.80. The summed E-state index contributed by atoms with van der Waals surface area (Å²) in [5.41, 5.74) is 4.87. The number of aromatic carboxylic acids is 1. The van der Waals surface area contributed by atoms with E-state index in [0.717, 1.165) is 40.8 Å². The van der Waals surface area contributed by atoms with Crippen LogP contribution in [0, 0.1) is 5.92 Å². The molecule has 0 spiro atoms. The maximum absolute atomic E-state index is 12.0. The normalized spacial score (nSPS) is 18.3. The van der Waals surface area contributed by atoms with Crippen molar-refractivity contribution in [1.29, 1.82) is 0 Å². The van der Waals surface area contributed by atoms with Crippen molar-refractivity contribution in [2.45, 2.75) is 19.8 Å². The van der Waals surface area contributed by atoms with Crippen LogP contribution >= 0.6 is 0 Å². The van der Waals surface area contributed by atoms with Gasteiger partial charge in [-0.15, -0.1) is 0 Å². The molecule has 3 aromatic rings. The molecule has 0 bridgehead atoms. The van der Waals surface area contributed by atoms with Crippen molar-refractivity contribution in [3.63, 3.8) is 0 Å². The Morgan fingerprint density at radius 1 is 1.20 bits per heavy atom. The SMILES string of the molecule is CC1C/C(=C\c2cccnc2)c2nc3ccccc3c(C(=O)O)c2C1. The number of hydrogen-bond donors (Lipinski definition) is 1. The second-order valence-corrected chi connectivity index (χ2v) is 6.61. The van der Waals surface area contributed by atoms with Crippen LogP contribution in [0.2, 0.25) is 0 Å². The molecule has 1 aliphatic carbocycles. The van der Waals surface area contributed by atoms with Crippen LogP contribution in [0.5, 0.6) is 0 Å². The number of benzene rings is 1. The third-order valence-corrected chi connectivity index (χ3v) is 4.66. The van der Waals surface area contributed by atoms with Crippen LogP contribution in [0.3, 0.4) is 0 Å². The molecule has 2 aromatic heterocycles. The monoisotopic (exact) mass is 330 g/mol. The van der Waals surface area contributed by atoms with Crippen LogP contribution in [0.25, 0.3) is 22.6 Å². The second kappa shape index (κ2) is 6.13. The number of allylic oxidation sites excluding steroid dienone is 1. The summed E-state index contributed by atoms with van der Waals surface area (Å²) in [7, 11) is 0. The summed E-state index contributed by atoms with van der Waals surface area (Å²) < 4.78 is 0. The predicted octanol–water partition coefficient (Wildman–Crippen LogP) is 4.45. The summed E-state index contributed by atoms with van der Waals surface area (Å²) in [5.74, 6) is -0.513. The van der Waals surface area contributed by atoms with Gasteiger partial charge in [-0.05, 0) is 53.7 Å². The van der Waals surface area contributed by atoms with Gasteiger partial charge in [0.15, 0.2) is 0 Å². The number of nitrogens with zero attached hydrogens (tertiary/aromatic N) is 2. The van der Waals surface area contributed by atoms with Crippen LogP contribution in [0.15, 0.2) is 48.8 Å². The average Bonchev–Trinajstić information content (AvgIpc) is 2.60. The lowest BCUT2D eigenvalue weighted by Gasteiger charge is -2.26. The van der Waals surface area contributed by atoms with Gasteiger partial charge in [0.05, 0.1) is 16.8 Å². The van der Waals surface area contributed by atoms with Crippen molar-refractivity contribution >= 4 is 28.5 Å². The molecule has 1 atom stereocenters. The second-order valence-electron chi connectivity index (χ2n) is 6.61. The van der Waals surface area contributed by atoms with E-state index >= 15 is 0 Å². The van der Waals surface area contributed by atoms with E-state index in [-0.39, 0.29) is 0 Å². The Morgan fingerprint density at radius 3 is 2.80 bits per heavy atom. The molecule has 1 aliphatic rings. The van der Waals surface area contributed by atoms with Crippen LogP contribution in [-0.2, 0) is 6.42 Å². The maximum Gasteiger partial charge on any atom is 0.336 e. The third-order valence-electron chi connectivity index (χ3n) is 4.66. The fraction of sp³-hybridized carbons (Fsp3) is 0.190. The summed E-state index contributed by atoms with van der Waals surface area (Å²) in [6.45, 7) is 2.15. The number of para-hydroxylation sites is 1. The van der Waals surface area contributed by atoms with Crippen LogP contribution < -0.4 is 0 Å². The van der Waals surface area contributed by atoms with Gasteiger partial charge in [0.2, 0.25) is 0 Å². The van der Waals surface area contributed by atoms with Gasteiger partial charge in [0.1, 0.15) is 0 Å². The Balaban J connectivity index is 2.00. The smallest absolute Gasteiger partial charge is 0.336 e. The predicted molar refractivity (Wildman–Crippen MR) is 98.3 cm³/mol. The maximum atomic E-state index is 12.0. The first-order valence-electron chi connectivity index (χ1n) is 8.39. The van der Waals surface area contributed by atoms with Gasteiger partial charge in [-0.2, -0.15) is 0 Å². The number of fused-ring (bicyclic) bond motifs is 2. The zero-order valence-electron chi connectivity index (χ0n) is 13.9. The molecule has 1 unspecified atom stereocenters. The minimum absolute atomic E-state index is 0.372. The first kappa shape index (κ1) is 15.5. The van der Waals surface area contributed by atoms with Crippen molar-refractivity contribution in [2.75, 3.05) is 0 Å². The quantitative estimate of drug-likeness (QED) is 0.754. The van der Waals surface area contributed by atoms with Gasteiger partial charge >= 0.3 is 5.97 Å². The molecular formula is C21H18N2O2. The highest BCUT2D eigenvalue weighted by Crippen LogP contribution is 2.38. The minimum atomic E-state index is -0.885. The Kier molecular flexibility index (Phi) is 3.80. The first-order chi connectivity index (χ1) is 12.1. The van der Waals surface area contributed by atoms with Gasteiger partial charge < -0.3 is 5.11 Å². The molecule has 124 valence electrons. The van der Waals surface area contributed by atoms with Crippen molar-refractivity contribution in [3.8, 4) is 0 Å². The molecule has 4 heteroatoms. The summed E-state index contributed by atoms with van der Waals surface area (Å²) in [6.07, 6.45) is 7.25. The molecule has 4 rings (SSSR count). The van der Waals surface area contributed by atoms with E-state index < -0.39 is 5.97 Å². The number of pyridine rings is 2. The van der Waals surface area contributed by atoms with Crippen molar-refractivity contribution in [3.05, 3.63) is 71.2 Å². The Bertz CT molecular complexity index is 993. The Labute approximate surface area is 145 Å². The highest BCUT2D eigenvalue weighted by Gasteiger charge is 2.27. The summed E-state index contributed by atoms with van der Waals surface area (Å²) in [6, 6.07) is 11.4. The van der Waals surface area contributed by atoms with E-state index in [1.807, 2.05) is 42.6 Å². The lowest BCUT2D eigenvalue weighted by molar-refractivity contribution is 0.0697. The van der Waals surface area contributed by atoms with Gasteiger partial charge in [-0.25, -0.2) is 9.78 Å². The minimum Gasteiger partial charge on any atom is -0.478 e. The van der Waals surface area contributed by atoms with E-state index in [2.05, 4.69) is 18.0 Å². The number of carbonyl (C=O) groups is 1. The zero-order valence-corrected chi connectivity index (χ0v) is 13.9. The van der Waals surface area contributed by atoms with Gasteiger partial charge in [0, 0.05) is 17.8 Å². The van der Waals surface area contributed by atoms with E-state index in [9.17, 15) is 9.90 Å². The highest BCUT2D eigenvalue weighted by molar-refractivity contribution is 6.05. The highest BCUT2D eigenvalue weighted by atomic mass is 16.4. The van der Waals surface area contributed by atoms with Crippen molar-refractivity contribution in [2.24, 2.45) is 5.92 Å². The van der Waals surface area contributed by atoms with E-state index in [0.29, 0.717) is 16.9 Å². The lowest BCUT2D eigenvalue weighted by Crippen LogP contribution is -2.17. The Morgan fingerprint density at radius 2 is 2.04 bits per heavy atom. The Hall–Kier alpha value is -3.01. The molecule has 1 N–H and O–H groups in total. The zero-order chi connectivity index (χ0) is 17.4. The van der Waals surface area contributed by atoms with E-state index in [1.54, 1.807) is 6.20 Å². The molecular weight excluding hydrogens is 312 g/mol. The first-order valence-corrected chi connectivity index (χ1v) is 8.39. The standard InChI is InChI=1S/C21H18N2O2/c1-13-9-15(11-14-5-4-8-22-12-14)20-17(10-13)19(21(24)25)16-6-2-3-7-18(16)23-20/h2-8,11-13H,9-10H2,1H3,(H,24,25)/b15-11+. The average molecular weight is 330 g/mol. The lowest BCUT2D eigenvalue weighted by atomic mass is 9.80. The molecule has 1 aromatic carbocycles. The van der Waals surface area contributed by atoms with Crippen LogP contribution in [-0.4, -0.2) is 21.0 Å². The van der Waals surface area contributed by atoms with Crippen molar-refractivity contribution < 1.29 is 9.90 Å². The number of carboxylic acid groups (broad SMARTS) is 1. The topological polar surface area (TPSA) is 63.1 Å². The fourth-order valence-corrected chi connectivity index (χ4v) is 3.64. The van der Waals surface area contributed by atoms with Crippen LogP contribution in [0.1, 0.15) is 40.5 Å². The van der Waals surface area contributed by atoms with E-state index in [4.69, 9.17) is 4.98 Å². The molecule has 0 radical (unpaired) electrons. The van der Waals surface area contributed by atoms with E-state index in [1.165, 1.54) is 0 Å². The van der Waals surface area contributed by atoms with Crippen LogP contribution in [0.4, 0.5) is 0 Å². The molecule has 0 saturated carbocycles. The summed E-state index contributed by atoms with van der Waals surface area (Å²) in [5, 5.41) is 10.6. The molecule has 0 aliphatic heterocycles. The van der Waals surface area contributed by atoms with Gasteiger partial charge in [-0.3, -0.25) is 4.98 Å². The number of carboxylic acids is 1. The molecule has 25 heavy (non-hydrogen) atoms. The number of aromatic nitrogens is 2. The molecule has 0 fully saturated rings. The largest absolute Gasteiger partial charge is 0.478 e. The number of rotatable bonds is 2. The molecule has 0 saturated heterocycles. The fourth-order valence-electron chi connectivity index (χ4n) is 3.64.